The number of nitrogens with zero attached hydrogens (tertiary/aromatic N) is 5. The Morgan fingerprint density at radius 1 is 0.842 bits per heavy atom. The predicted molar refractivity (Wildman–Crippen MR) is 153 cm³/mol. The van der Waals surface area contributed by atoms with Gasteiger partial charge in [0.25, 0.3) is 0 Å². The molecule has 1 unspecified atom stereocenters. The molecule has 2 saturated heterocycles. The maximum absolute atomic E-state index is 10.7. The SMILES string of the molecule is Cc1ccc(C)c(Cc2c(C)nc(-c3ccccc3)nc2N2CCN(CC(O)CN3CCOCC3)CC2)c1. The molecule has 0 spiro atoms. The van der Waals surface area contributed by atoms with Crippen LogP contribution in [0.3, 0.4) is 0 Å². The van der Waals surface area contributed by atoms with Crippen LogP contribution in [0.1, 0.15) is 27.9 Å². The summed E-state index contributed by atoms with van der Waals surface area (Å²) < 4.78 is 5.44. The van der Waals surface area contributed by atoms with E-state index in [1.165, 1.54) is 22.3 Å². The van der Waals surface area contributed by atoms with Gasteiger partial charge < -0.3 is 14.7 Å². The summed E-state index contributed by atoms with van der Waals surface area (Å²) in [6.45, 7) is 14.8. The molecule has 7 heteroatoms. The number of morpholine rings is 1. The molecule has 2 aromatic carbocycles. The predicted octanol–water partition coefficient (Wildman–Crippen LogP) is 3.47. The Morgan fingerprint density at radius 2 is 1.53 bits per heavy atom. The number of β-amino-alcohol motifs (C(OH)–C–C–N with tert-alkyl or cyclic N) is 1. The molecule has 1 N–H and O–H groups in total. The van der Waals surface area contributed by atoms with Gasteiger partial charge in [0, 0.05) is 75.6 Å². The first kappa shape index (κ1) is 26.8. The van der Waals surface area contributed by atoms with Crippen molar-refractivity contribution < 1.29 is 9.84 Å². The highest BCUT2D eigenvalue weighted by atomic mass is 16.5. The molecule has 0 bridgehead atoms. The molecule has 3 aromatic rings. The highest BCUT2D eigenvalue weighted by Gasteiger charge is 2.25. The van der Waals surface area contributed by atoms with Crippen molar-refractivity contribution in [3.05, 3.63) is 76.5 Å². The summed E-state index contributed by atoms with van der Waals surface area (Å²) in [5, 5.41) is 10.7. The van der Waals surface area contributed by atoms with Crippen molar-refractivity contribution in [1.82, 2.24) is 19.8 Å². The van der Waals surface area contributed by atoms with Crippen molar-refractivity contribution in [2.24, 2.45) is 0 Å². The van der Waals surface area contributed by atoms with E-state index in [0.717, 1.165) is 88.3 Å². The van der Waals surface area contributed by atoms with Crippen LogP contribution < -0.4 is 4.90 Å². The van der Waals surface area contributed by atoms with Gasteiger partial charge in [-0.15, -0.1) is 0 Å². The van der Waals surface area contributed by atoms with Crippen LogP contribution >= 0.6 is 0 Å². The number of benzene rings is 2. The summed E-state index contributed by atoms with van der Waals surface area (Å²) in [7, 11) is 0. The second kappa shape index (κ2) is 12.3. The maximum atomic E-state index is 10.7. The minimum atomic E-state index is -0.342. The normalized spacial score (nSPS) is 18.1. The average molecular weight is 516 g/mol. The first-order valence-electron chi connectivity index (χ1n) is 13.9. The van der Waals surface area contributed by atoms with Gasteiger partial charge in [-0.05, 0) is 31.9 Å². The van der Waals surface area contributed by atoms with E-state index in [1.54, 1.807) is 0 Å². The van der Waals surface area contributed by atoms with Crippen LogP contribution in [0, 0.1) is 20.8 Å². The Labute approximate surface area is 227 Å². The first-order chi connectivity index (χ1) is 18.5. The fourth-order valence-corrected chi connectivity index (χ4v) is 5.53. The summed E-state index contributed by atoms with van der Waals surface area (Å²) in [5.74, 6) is 1.83. The number of rotatable bonds is 8. The van der Waals surface area contributed by atoms with Crippen molar-refractivity contribution in [3.63, 3.8) is 0 Å². The van der Waals surface area contributed by atoms with E-state index in [4.69, 9.17) is 14.7 Å². The number of ether oxygens (including phenoxy) is 1. The lowest BCUT2D eigenvalue weighted by Crippen LogP contribution is -2.51. The lowest BCUT2D eigenvalue weighted by atomic mass is 9.97. The van der Waals surface area contributed by atoms with Crippen molar-refractivity contribution in [2.75, 3.05) is 70.5 Å². The topological polar surface area (TPSA) is 65.0 Å². The van der Waals surface area contributed by atoms with Crippen LogP contribution in [0.15, 0.2) is 48.5 Å². The second-order valence-electron chi connectivity index (χ2n) is 10.8. The van der Waals surface area contributed by atoms with E-state index in [-0.39, 0.29) is 6.10 Å². The number of aryl methyl sites for hydroxylation is 3. The molecule has 0 saturated carbocycles. The van der Waals surface area contributed by atoms with Crippen LogP contribution in [0.4, 0.5) is 5.82 Å². The fourth-order valence-electron chi connectivity index (χ4n) is 5.53. The van der Waals surface area contributed by atoms with Crippen molar-refractivity contribution in [2.45, 2.75) is 33.3 Å². The Hall–Kier alpha value is -2.84. The molecule has 1 aromatic heterocycles. The van der Waals surface area contributed by atoms with Gasteiger partial charge in [0.2, 0.25) is 0 Å². The molecule has 38 heavy (non-hydrogen) atoms. The zero-order valence-electron chi connectivity index (χ0n) is 23.1. The average Bonchev–Trinajstić information content (AvgIpc) is 2.93. The summed E-state index contributed by atoms with van der Waals surface area (Å²) in [4.78, 5) is 17.2. The molecule has 7 nitrogen and oxygen atoms in total. The Kier molecular flexibility index (Phi) is 8.69. The van der Waals surface area contributed by atoms with Crippen LogP contribution in [-0.2, 0) is 11.2 Å². The molecular weight excluding hydrogens is 474 g/mol. The monoisotopic (exact) mass is 515 g/mol. The van der Waals surface area contributed by atoms with Gasteiger partial charge in [-0.1, -0.05) is 54.1 Å². The van der Waals surface area contributed by atoms with Gasteiger partial charge in [-0.3, -0.25) is 9.80 Å². The number of anilines is 1. The van der Waals surface area contributed by atoms with Gasteiger partial charge in [0.1, 0.15) is 5.82 Å². The zero-order valence-corrected chi connectivity index (χ0v) is 23.1. The van der Waals surface area contributed by atoms with Gasteiger partial charge >= 0.3 is 0 Å². The largest absolute Gasteiger partial charge is 0.390 e. The Bertz CT molecular complexity index is 1200. The summed E-state index contributed by atoms with van der Waals surface area (Å²) in [6.07, 6.45) is 0.480. The minimum absolute atomic E-state index is 0.342. The van der Waals surface area contributed by atoms with E-state index >= 15 is 0 Å². The summed E-state index contributed by atoms with van der Waals surface area (Å²) in [6, 6.07) is 16.9. The van der Waals surface area contributed by atoms with Crippen LogP contribution in [-0.4, -0.2) is 96.6 Å². The van der Waals surface area contributed by atoms with Gasteiger partial charge in [0.05, 0.1) is 19.3 Å². The lowest BCUT2D eigenvalue weighted by molar-refractivity contribution is 0.00655. The first-order valence-corrected chi connectivity index (χ1v) is 13.9. The number of aromatic nitrogens is 2. The molecule has 3 heterocycles. The second-order valence-corrected chi connectivity index (χ2v) is 10.8. The molecule has 0 aliphatic carbocycles. The highest BCUT2D eigenvalue weighted by molar-refractivity contribution is 5.61. The van der Waals surface area contributed by atoms with Crippen molar-refractivity contribution in [1.29, 1.82) is 0 Å². The Balaban J connectivity index is 1.34. The zero-order chi connectivity index (χ0) is 26.5. The highest BCUT2D eigenvalue weighted by Crippen LogP contribution is 2.29. The molecule has 2 fully saturated rings. The van der Waals surface area contributed by atoms with E-state index in [1.807, 2.05) is 18.2 Å². The minimum Gasteiger partial charge on any atom is -0.390 e. The molecule has 5 rings (SSSR count). The van der Waals surface area contributed by atoms with Gasteiger partial charge in [-0.2, -0.15) is 0 Å². The summed E-state index contributed by atoms with van der Waals surface area (Å²) >= 11 is 0. The van der Waals surface area contributed by atoms with Crippen molar-refractivity contribution >= 4 is 5.82 Å². The molecule has 0 amide bonds. The lowest BCUT2D eigenvalue weighted by Gasteiger charge is -2.38. The maximum Gasteiger partial charge on any atom is 0.161 e. The number of aliphatic hydroxyl groups excluding tert-OH is 1. The van der Waals surface area contributed by atoms with E-state index in [2.05, 4.69) is 65.8 Å². The standard InChI is InChI=1S/C31H41N5O2/c1-23-9-10-24(2)27(19-23)20-29-25(3)32-30(26-7-5-4-6-8-26)33-31(29)36-13-11-34(12-14-36)21-28(37)22-35-15-17-38-18-16-35/h4-10,19,28,37H,11-18,20-22H2,1-3H3. The van der Waals surface area contributed by atoms with Gasteiger partial charge in [0.15, 0.2) is 5.82 Å². The number of hydrogen-bond acceptors (Lipinski definition) is 7. The molecular formula is C31H41N5O2. The molecule has 202 valence electrons. The van der Waals surface area contributed by atoms with E-state index in [0.29, 0.717) is 6.54 Å². The number of hydrogen-bond donors (Lipinski definition) is 1. The molecule has 1 atom stereocenters. The van der Waals surface area contributed by atoms with Crippen LogP contribution in [0.25, 0.3) is 11.4 Å². The number of piperazine rings is 1. The molecule has 2 aliphatic rings. The summed E-state index contributed by atoms with van der Waals surface area (Å²) in [5.41, 5.74) is 7.19. The third-order valence-electron chi connectivity index (χ3n) is 7.81. The third-order valence-corrected chi connectivity index (χ3v) is 7.81. The van der Waals surface area contributed by atoms with Crippen LogP contribution in [0.2, 0.25) is 0 Å². The number of aliphatic hydroxyl groups is 1. The van der Waals surface area contributed by atoms with Crippen LogP contribution in [0.5, 0.6) is 0 Å². The Morgan fingerprint density at radius 3 is 2.24 bits per heavy atom. The van der Waals surface area contributed by atoms with Gasteiger partial charge in [-0.25, -0.2) is 9.97 Å². The van der Waals surface area contributed by atoms with E-state index < -0.39 is 0 Å². The molecule has 2 aliphatic heterocycles. The quantitative estimate of drug-likeness (QED) is 0.493. The smallest absolute Gasteiger partial charge is 0.161 e. The molecule has 0 radical (unpaired) electrons. The van der Waals surface area contributed by atoms with E-state index in [9.17, 15) is 5.11 Å². The van der Waals surface area contributed by atoms with Crippen molar-refractivity contribution in [3.8, 4) is 11.4 Å². The third kappa shape index (κ3) is 6.59. The fraction of sp³-hybridized carbons (Fsp3) is 0.484.